The van der Waals surface area contributed by atoms with Gasteiger partial charge in [0.1, 0.15) is 18.1 Å². The van der Waals surface area contributed by atoms with Crippen molar-refractivity contribution in [3.63, 3.8) is 0 Å². The molecule has 2 aromatic carbocycles. The average molecular weight is 1080 g/mol. The number of rotatable bonds is 25. The standard InChI is InChI=1S/C52H75N9O16/c62-42(31-57-21-23-58(32-44(65)66)25-27-60(34-46(69)70)28-26-59(24-22-57)33-45(67)68)61-19-16-52(17-20-61)14-12-37(13-15-52)47(71)54-41(30-35-8-9-36-5-1-2-6-38(36)29-35)48(72)53-18-4-3-7-39(49(73)74)55-51(77)56-40(50(75)76)10-11-43(63)64/h1-2,5-6,8-9,29,37,39-41H,3-4,7,10-28,30-34H2,(H,53,72)(H,54,71)(H,63,64)(H,65,66)(H,67,68)(H,69,70)(H,73,74)(H,75,76)(H2,55,56,77)/t39?,40-,41-/m0/s1. The van der Waals surface area contributed by atoms with E-state index in [9.17, 15) is 73.5 Å². The molecule has 5 amide bonds. The zero-order valence-corrected chi connectivity index (χ0v) is 43.4. The summed E-state index contributed by atoms with van der Waals surface area (Å²) in [6.07, 6.45) is 3.88. The van der Waals surface area contributed by atoms with Gasteiger partial charge in [-0.15, -0.1) is 0 Å². The van der Waals surface area contributed by atoms with Crippen molar-refractivity contribution in [2.24, 2.45) is 11.3 Å². The fourth-order valence-electron chi connectivity index (χ4n) is 10.3. The van der Waals surface area contributed by atoms with Crippen molar-refractivity contribution in [1.29, 1.82) is 0 Å². The molecule has 5 rings (SSSR count). The van der Waals surface area contributed by atoms with E-state index in [1.54, 1.807) is 14.7 Å². The van der Waals surface area contributed by atoms with Crippen LogP contribution in [0.4, 0.5) is 4.79 Å². The van der Waals surface area contributed by atoms with Gasteiger partial charge in [-0.3, -0.25) is 53.2 Å². The molecule has 3 fully saturated rings. The smallest absolute Gasteiger partial charge is 0.326 e. The molecular weight excluding hydrogens is 1010 g/mol. The lowest BCUT2D eigenvalue weighted by molar-refractivity contribution is -0.141. The van der Waals surface area contributed by atoms with Crippen molar-refractivity contribution in [1.82, 2.24) is 45.8 Å². The molecule has 10 N–H and O–H groups in total. The van der Waals surface area contributed by atoms with Gasteiger partial charge in [0.05, 0.1) is 26.2 Å². The number of aliphatic carboxylic acids is 6. The first-order valence-electron chi connectivity index (χ1n) is 26.3. The van der Waals surface area contributed by atoms with E-state index in [1.807, 2.05) is 52.3 Å². The van der Waals surface area contributed by atoms with Gasteiger partial charge in [0.25, 0.3) is 0 Å². The number of unbranched alkanes of at least 4 members (excludes halogenated alkanes) is 1. The number of hydrogen-bond donors (Lipinski definition) is 10. The summed E-state index contributed by atoms with van der Waals surface area (Å²) in [5.41, 5.74) is 0.748. The Hall–Kier alpha value is -6.96. The summed E-state index contributed by atoms with van der Waals surface area (Å²) >= 11 is 0. The number of amides is 5. The highest BCUT2D eigenvalue weighted by atomic mass is 16.4. The normalized spacial score (nSPS) is 18.6. The van der Waals surface area contributed by atoms with Crippen LogP contribution in [0.5, 0.6) is 0 Å². The van der Waals surface area contributed by atoms with Gasteiger partial charge in [-0.05, 0) is 86.0 Å². The Kier molecular flexibility index (Phi) is 23.8. The van der Waals surface area contributed by atoms with E-state index in [1.165, 1.54) is 0 Å². The number of likely N-dealkylation sites (tertiary alicyclic amines) is 1. The van der Waals surface area contributed by atoms with Gasteiger partial charge in [-0.1, -0.05) is 42.5 Å². The summed E-state index contributed by atoms with van der Waals surface area (Å²) in [4.78, 5) is 132. The molecule has 1 aliphatic carbocycles. The van der Waals surface area contributed by atoms with Crippen LogP contribution in [0.2, 0.25) is 0 Å². The summed E-state index contributed by atoms with van der Waals surface area (Å²) in [6.45, 7) is 2.75. The second-order valence-electron chi connectivity index (χ2n) is 20.5. The molecule has 3 aliphatic rings. The highest BCUT2D eigenvalue weighted by Gasteiger charge is 2.41. The molecule has 1 spiro atoms. The van der Waals surface area contributed by atoms with E-state index in [0.717, 1.165) is 42.0 Å². The first-order chi connectivity index (χ1) is 36.7. The highest BCUT2D eigenvalue weighted by molar-refractivity contribution is 5.90. The number of benzene rings is 2. The van der Waals surface area contributed by atoms with Gasteiger partial charge in [-0.25, -0.2) is 14.4 Å². The number of carboxylic acids is 6. The van der Waals surface area contributed by atoms with Gasteiger partial charge in [0.2, 0.25) is 17.7 Å². The Balaban J connectivity index is 1.13. The van der Waals surface area contributed by atoms with Crippen LogP contribution in [0.25, 0.3) is 10.8 Å². The molecule has 3 atom stereocenters. The summed E-state index contributed by atoms with van der Waals surface area (Å²) in [7, 11) is 0. The summed E-state index contributed by atoms with van der Waals surface area (Å²) in [5.74, 6) is -8.36. The number of carbonyl (C=O) groups excluding carboxylic acids is 4. The number of piperidine rings is 1. The van der Waals surface area contributed by atoms with E-state index >= 15 is 0 Å². The third-order valence-electron chi connectivity index (χ3n) is 14.9. The molecule has 0 aromatic heterocycles. The molecule has 2 saturated heterocycles. The van der Waals surface area contributed by atoms with Crippen molar-refractivity contribution < 1.29 is 78.6 Å². The topological polar surface area (TPSA) is 356 Å². The molecule has 25 heteroatoms. The summed E-state index contributed by atoms with van der Waals surface area (Å²) in [5, 5.41) is 68.7. The molecule has 77 heavy (non-hydrogen) atoms. The summed E-state index contributed by atoms with van der Waals surface area (Å²) in [6, 6.07) is 8.60. The summed E-state index contributed by atoms with van der Waals surface area (Å²) < 4.78 is 0. The molecule has 1 unspecified atom stereocenters. The van der Waals surface area contributed by atoms with E-state index in [2.05, 4.69) is 21.3 Å². The number of carbonyl (C=O) groups is 10. The molecule has 1 saturated carbocycles. The number of fused-ring (bicyclic) bond motifs is 1. The van der Waals surface area contributed by atoms with E-state index in [4.69, 9.17) is 5.11 Å². The van der Waals surface area contributed by atoms with Crippen LogP contribution >= 0.6 is 0 Å². The van der Waals surface area contributed by atoms with Crippen LogP contribution in [0, 0.1) is 11.3 Å². The number of nitrogens with one attached hydrogen (secondary N) is 4. The molecule has 2 heterocycles. The van der Waals surface area contributed by atoms with Crippen molar-refractivity contribution in [3.8, 4) is 0 Å². The van der Waals surface area contributed by atoms with Crippen molar-refractivity contribution >= 4 is 70.3 Å². The van der Waals surface area contributed by atoms with Crippen LogP contribution in [0.15, 0.2) is 42.5 Å². The van der Waals surface area contributed by atoms with Crippen molar-refractivity contribution in [3.05, 3.63) is 48.0 Å². The Bertz CT molecular complexity index is 2360. The van der Waals surface area contributed by atoms with Crippen LogP contribution < -0.4 is 21.3 Å². The van der Waals surface area contributed by atoms with Gasteiger partial charge in [0.15, 0.2) is 0 Å². The minimum absolute atomic E-state index is 0.0523. The van der Waals surface area contributed by atoms with Crippen molar-refractivity contribution in [2.45, 2.75) is 95.2 Å². The first-order valence-corrected chi connectivity index (χ1v) is 26.3. The Morgan fingerprint density at radius 1 is 0.532 bits per heavy atom. The number of nitrogens with zero attached hydrogens (tertiary/aromatic N) is 5. The largest absolute Gasteiger partial charge is 0.481 e. The van der Waals surface area contributed by atoms with Crippen LogP contribution in [-0.4, -0.2) is 231 Å². The third kappa shape index (κ3) is 20.8. The molecule has 25 nitrogen and oxygen atoms in total. The van der Waals surface area contributed by atoms with Gasteiger partial charge in [0, 0.05) is 90.8 Å². The monoisotopic (exact) mass is 1080 g/mol. The predicted octanol–water partition coefficient (Wildman–Crippen LogP) is 0.498. The molecule has 2 aliphatic heterocycles. The maximum absolute atomic E-state index is 14.0. The lowest BCUT2D eigenvalue weighted by atomic mass is 9.65. The van der Waals surface area contributed by atoms with E-state index < -0.39 is 78.7 Å². The van der Waals surface area contributed by atoms with Gasteiger partial charge in [-0.2, -0.15) is 0 Å². The minimum Gasteiger partial charge on any atom is -0.481 e. The molecular formula is C52H75N9O16. The maximum Gasteiger partial charge on any atom is 0.326 e. The second kappa shape index (κ2) is 30.1. The van der Waals surface area contributed by atoms with Gasteiger partial charge < -0.3 is 56.8 Å². The van der Waals surface area contributed by atoms with Crippen LogP contribution in [-0.2, 0) is 49.6 Å². The maximum atomic E-state index is 14.0. The van der Waals surface area contributed by atoms with E-state index in [-0.39, 0.29) is 101 Å². The number of carboxylic acid groups (broad SMARTS) is 6. The third-order valence-corrected chi connectivity index (χ3v) is 14.9. The molecule has 0 bridgehead atoms. The van der Waals surface area contributed by atoms with Crippen molar-refractivity contribution in [2.75, 3.05) is 98.2 Å². The highest BCUT2D eigenvalue weighted by Crippen LogP contribution is 2.46. The number of hydrogen-bond acceptors (Lipinski definition) is 14. The number of urea groups is 1. The lowest BCUT2D eigenvalue weighted by Crippen LogP contribution is -2.52. The first kappa shape index (κ1) is 60.9. The van der Waals surface area contributed by atoms with Crippen LogP contribution in [0.3, 0.4) is 0 Å². The Morgan fingerprint density at radius 2 is 1.03 bits per heavy atom. The zero-order chi connectivity index (χ0) is 56.1. The second-order valence-corrected chi connectivity index (χ2v) is 20.5. The average Bonchev–Trinajstić information content (AvgIpc) is 3.37. The zero-order valence-electron chi connectivity index (χ0n) is 43.4. The van der Waals surface area contributed by atoms with Gasteiger partial charge >= 0.3 is 41.8 Å². The lowest BCUT2D eigenvalue weighted by Gasteiger charge is -2.46. The fraction of sp³-hybridized carbons (Fsp3) is 0.615. The predicted molar refractivity (Wildman–Crippen MR) is 277 cm³/mol. The minimum atomic E-state index is -1.55. The quantitative estimate of drug-likeness (QED) is 0.0605. The SMILES string of the molecule is O=C(O)CC[C@H](NC(=O)NC(CCCCNC(=O)[C@H](Cc1ccc2ccccc2c1)NC(=O)C1CCC2(CC1)CCN(C(=O)CN1CCN(CC(=O)O)CCN(CC(=O)O)CCN(CC(=O)O)CC1)CC2)C(=O)O)C(=O)O. The fourth-order valence-corrected chi connectivity index (χ4v) is 10.3. The molecule has 2 aromatic rings. The molecule has 424 valence electrons. The van der Waals surface area contributed by atoms with Crippen LogP contribution in [0.1, 0.15) is 76.2 Å². The van der Waals surface area contributed by atoms with E-state index in [0.29, 0.717) is 58.5 Å². The molecule has 0 radical (unpaired) electrons. The Morgan fingerprint density at radius 3 is 1.52 bits per heavy atom. The Labute approximate surface area is 446 Å².